The van der Waals surface area contributed by atoms with Gasteiger partial charge in [-0.2, -0.15) is 0 Å². The molecule has 1 aromatic rings. The van der Waals surface area contributed by atoms with Gasteiger partial charge in [-0.1, -0.05) is 0 Å². The summed E-state index contributed by atoms with van der Waals surface area (Å²) in [5, 5.41) is 0. The number of hydrogen-bond donors (Lipinski definition) is 1. The number of hydrogen-bond acceptors (Lipinski definition) is 5. The monoisotopic (exact) mass is 335 g/mol. The maximum absolute atomic E-state index is 12.1. The first kappa shape index (κ1) is 16.8. The second-order valence-electron chi connectivity index (χ2n) is 6.51. The van der Waals surface area contributed by atoms with Crippen molar-refractivity contribution >= 4 is 12.1 Å². The van der Waals surface area contributed by atoms with E-state index in [-0.39, 0.29) is 24.1 Å². The Kier molecular flexibility index (Phi) is 5.06. The molecule has 0 atom stereocenters. The minimum absolute atomic E-state index is 0.120. The molecule has 1 saturated carbocycles. The maximum Gasteiger partial charge on any atom is 0.410 e. The number of aromatic amines is 1. The van der Waals surface area contributed by atoms with Gasteiger partial charge in [-0.05, 0) is 46.0 Å². The summed E-state index contributed by atoms with van der Waals surface area (Å²) >= 11 is 0. The van der Waals surface area contributed by atoms with Gasteiger partial charge in [0.1, 0.15) is 11.9 Å². The zero-order valence-corrected chi connectivity index (χ0v) is 14.3. The summed E-state index contributed by atoms with van der Waals surface area (Å²) in [5.41, 5.74) is 1.09. The van der Waals surface area contributed by atoms with E-state index in [1.54, 1.807) is 11.8 Å². The highest BCUT2D eigenvalue weighted by Crippen LogP contribution is 2.28. The van der Waals surface area contributed by atoms with Gasteiger partial charge in [-0.3, -0.25) is 0 Å². The Labute approximate surface area is 141 Å². The zero-order valence-electron chi connectivity index (χ0n) is 14.3. The molecule has 132 valence electrons. The molecule has 2 aliphatic rings. The lowest BCUT2D eigenvalue weighted by molar-refractivity contribution is 0.0224. The summed E-state index contributed by atoms with van der Waals surface area (Å²) in [6, 6.07) is 0. The fraction of sp³-hybridized carbons (Fsp3) is 0.706. The van der Waals surface area contributed by atoms with E-state index in [0.29, 0.717) is 25.4 Å². The summed E-state index contributed by atoms with van der Waals surface area (Å²) in [4.78, 5) is 33.4. The van der Waals surface area contributed by atoms with Crippen molar-refractivity contribution in [3.8, 4) is 0 Å². The number of carbonyl (C=O) groups excluding carboxylic acids is 2. The molecule has 0 spiro atoms. The molecule has 0 bridgehead atoms. The van der Waals surface area contributed by atoms with Crippen molar-refractivity contribution in [2.45, 2.75) is 58.0 Å². The van der Waals surface area contributed by atoms with Gasteiger partial charge in [0, 0.05) is 24.7 Å². The molecule has 1 N–H and O–H groups in total. The van der Waals surface area contributed by atoms with Gasteiger partial charge in [0.2, 0.25) is 0 Å². The minimum Gasteiger partial charge on any atom is -0.461 e. The van der Waals surface area contributed by atoms with Crippen LogP contribution in [0.4, 0.5) is 4.79 Å². The largest absolute Gasteiger partial charge is 0.461 e. The molecule has 3 rings (SSSR count). The van der Waals surface area contributed by atoms with Crippen LogP contribution in [-0.4, -0.2) is 52.7 Å². The number of H-pyrrole nitrogens is 1. The number of piperidine rings is 1. The molecule has 0 unspecified atom stereocenters. The number of rotatable bonds is 4. The van der Waals surface area contributed by atoms with Crippen LogP contribution in [0.15, 0.2) is 0 Å². The maximum atomic E-state index is 12.1. The molecular formula is C17H25N3O4. The van der Waals surface area contributed by atoms with Gasteiger partial charge in [0.05, 0.1) is 6.61 Å². The van der Waals surface area contributed by atoms with E-state index in [1.807, 2.05) is 6.92 Å². The Morgan fingerprint density at radius 3 is 2.54 bits per heavy atom. The van der Waals surface area contributed by atoms with Crippen molar-refractivity contribution < 1.29 is 19.1 Å². The van der Waals surface area contributed by atoms with Crippen molar-refractivity contribution in [2.24, 2.45) is 0 Å². The average Bonchev–Trinajstić information content (AvgIpc) is 2.93. The number of nitrogens with zero attached hydrogens (tertiary/aromatic N) is 2. The van der Waals surface area contributed by atoms with E-state index in [4.69, 9.17) is 9.47 Å². The van der Waals surface area contributed by atoms with Crippen LogP contribution < -0.4 is 0 Å². The number of carbonyl (C=O) groups is 2. The third kappa shape index (κ3) is 3.55. The van der Waals surface area contributed by atoms with Crippen LogP contribution in [0.5, 0.6) is 0 Å². The SMILES string of the molecule is CCOC(=O)c1nc(C2CCN(C(=O)OC3CCC3)CC2)[nH]c1C. The molecule has 7 heteroatoms. The molecule has 1 saturated heterocycles. The lowest BCUT2D eigenvalue weighted by Gasteiger charge is -2.33. The first-order valence-electron chi connectivity index (χ1n) is 8.77. The normalized spacial score (nSPS) is 19.0. The number of aromatic nitrogens is 2. The minimum atomic E-state index is -0.390. The molecule has 2 fully saturated rings. The van der Waals surface area contributed by atoms with Crippen LogP contribution in [0.2, 0.25) is 0 Å². The lowest BCUT2D eigenvalue weighted by atomic mass is 9.96. The third-order valence-electron chi connectivity index (χ3n) is 4.83. The van der Waals surface area contributed by atoms with Crippen LogP contribution >= 0.6 is 0 Å². The number of ether oxygens (including phenoxy) is 2. The summed E-state index contributed by atoms with van der Waals surface area (Å²) in [6.45, 7) is 5.25. The molecule has 1 aromatic heterocycles. The summed E-state index contributed by atoms with van der Waals surface area (Å²) in [6.07, 6.45) is 4.69. The topological polar surface area (TPSA) is 84.5 Å². The Balaban J connectivity index is 1.55. The first-order chi connectivity index (χ1) is 11.6. The van der Waals surface area contributed by atoms with Gasteiger partial charge in [-0.15, -0.1) is 0 Å². The highest BCUT2D eigenvalue weighted by Gasteiger charge is 2.30. The number of imidazole rings is 1. The predicted molar refractivity (Wildman–Crippen MR) is 86.9 cm³/mol. The summed E-state index contributed by atoms with van der Waals surface area (Å²) in [5.74, 6) is 0.640. The second kappa shape index (κ2) is 7.23. The predicted octanol–water partition coefficient (Wildman–Crippen LogP) is 2.76. The van der Waals surface area contributed by atoms with Crippen molar-refractivity contribution in [3.05, 3.63) is 17.2 Å². The smallest absolute Gasteiger partial charge is 0.410 e. The fourth-order valence-electron chi connectivity index (χ4n) is 3.12. The molecule has 0 radical (unpaired) electrons. The Morgan fingerprint density at radius 1 is 1.25 bits per heavy atom. The van der Waals surface area contributed by atoms with Crippen LogP contribution in [0.3, 0.4) is 0 Å². The van der Waals surface area contributed by atoms with E-state index in [1.165, 1.54) is 0 Å². The van der Waals surface area contributed by atoms with E-state index < -0.39 is 0 Å². The molecule has 24 heavy (non-hydrogen) atoms. The Morgan fingerprint density at radius 2 is 1.96 bits per heavy atom. The molecule has 0 aromatic carbocycles. The summed E-state index contributed by atoms with van der Waals surface area (Å²) in [7, 11) is 0. The van der Waals surface area contributed by atoms with Crippen LogP contribution in [0.25, 0.3) is 0 Å². The lowest BCUT2D eigenvalue weighted by Crippen LogP contribution is -2.41. The van der Waals surface area contributed by atoms with E-state index in [0.717, 1.165) is 43.6 Å². The Hall–Kier alpha value is -2.05. The van der Waals surface area contributed by atoms with Gasteiger partial charge in [0.15, 0.2) is 5.69 Å². The zero-order chi connectivity index (χ0) is 17.1. The number of aryl methyl sites for hydroxylation is 1. The summed E-state index contributed by atoms with van der Waals surface area (Å²) < 4.78 is 10.5. The Bertz CT molecular complexity index is 601. The molecular weight excluding hydrogens is 310 g/mol. The van der Waals surface area contributed by atoms with Crippen LogP contribution in [0.1, 0.15) is 67.0 Å². The highest BCUT2D eigenvalue weighted by molar-refractivity contribution is 5.88. The number of amides is 1. The standard InChI is InChI=1S/C17H25N3O4/c1-3-23-16(21)14-11(2)18-15(19-14)12-7-9-20(10-8-12)17(22)24-13-5-4-6-13/h12-13H,3-10H2,1-2H3,(H,18,19). The van der Waals surface area contributed by atoms with E-state index in [2.05, 4.69) is 9.97 Å². The third-order valence-corrected chi connectivity index (χ3v) is 4.83. The fourth-order valence-corrected chi connectivity index (χ4v) is 3.12. The van der Waals surface area contributed by atoms with Crippen molar-refractivity contribution in [2.75, 3.05) is 19.7 Å². The van der Waals surface area contributed by atoms with Crippen LogP contribution in [-0.2, 0) is 9.47 Å². The molecule has 7 nitrogen and oxygen atoms in total. The molecule has 1 aliphatic carbocycles. The van der Waals surface area contributed by atoms with Gasteiger partial charge in [0.25, 0.3) is 0 Å². The van der Waals surface area contributed by atoms with E-state index >= 15 is 0 Å². The van der Waals surface area contributed by atoms with Crippen LogP contribution in [0, 0.1) is 6.92 Å². The van der Waals surface area contributed by atoms with Crippen molar-refractivity contribution in [1.29, 1.82) is 0 Å². The van der Waals surface area contributed by atoms with E-state index in [9.17, 15) is 9.59 Å². The highest BCUT2D eigenvalue weighted by atomic mass is 16.6. The van der Waals surface area contributed by atoms with Crippen molar-refractivity contribution in [3.63, 3.8) is 0 Å². The molecule has 1 aliphatic heterocycles. The van der Waals surface area contributed by atoms with Gasteiger partial charge >= 0.3 is 12.1 Å². The number of likely N-dealkylation sites (tertiary alicyclic amines) is 1. The molecule has 2 heterocycles. The van der Waals surface area contributed by atoms with Gasteiger partial charge < -0.3 is 19.4 Å². The number of nitrogens with one attached hydrogen (secondary N) is 1. The molecule has 1 amide bonds. The first-order valence-corrected chi connectivity index (χ1v) is 8.77. The average molecular weight is 335 g/mol. The second-order valence-corrected chi connectivity index (χ2v) is 6.51. The van der Waals surface area contributed by atoms with Crippen molar-refractivity contribution in [1.82, 2.24) is 14.9 Å². The quantitative estimate of drug-likeness (QED) is 0.855. The van der Waals surface area contributed by atoms with Gasteiger partial charge in [-0.25, -0.2) is 14.6 Å². The number of esters is 1.